The second-order valence-corrected chi connectivity index (χ2v) is 6.45. The molecule has 0 bridgehead atoms. The summed E-state index contributed by atoms with van der Waals surface area (Å²) in [6.07, 6.45) is 3.74. The van der Waals surface area contributed by atoms with E-state index in [1.165, 1.54) is 6.33 Å². The summed E-state index contributed by atoms with van der Waals surface area (Å²) in [5.41, 5.74) is -2.22. The molecule has 0 atom stereocenters. The first kappa shape index (κ1) is 13.5. The zero-order valence-electron chi connectivity index (χ0n) is 16.9. The van der Waals surface area contributed by atoms with Crippen molar-refractivity contribution in [2.75, 3.05) is 0 Å². The fourth-order valence-corrected chi connectivity index (χ4v) is 2.61. The van der Waals surface area contributed by atoms with E-state index in [4.69, 9.17) is 4.11 Å². The zero-order valence-corrected chi connectivity index (χ0v) is 13.9. The van der Waals surface area contributed by atoms with Gasteiger partial charge < -0.3 is 9.67 Å². The zero-order chi connectivity index (χ0) is 19.7. The number of aryl methyl sites for hydroxylation is 2. The first-order valence-electron chi connectivity index (χ1n) is 9.41. The van der Waals surface area contributed by atoms with Crippen molar-refractivity contribution in [3.8, 4) is 0 Å². The molecule has 0 aromatic carbocycles. The predicted molar refractivity (Wildman–Crippen MR) is 89.7 cm³/mol. The van der Waals surface area contributed by atoms with Gasteiger partial charge in [-0.1, -0.05) is 6.92 Å². The molecule has 0 aliphatic rings. The summed E-state index contributed by atoms with van der Waals surface area (Å²) in [4.78, 5) is 29.5. The Morgan fingerprint density at radius 3 is 2.65 bits per heavy atom. The van der Waals surface area contributed by atoms with Crippen LogP contribution in [0.1, 0.15) is 50.6 Å². The summed E-state index contributed by atoms with van der Waals surface area (Å²) in [6.45, 7) is 3.18. The minimum Gasteiger partial charge on any atom is -0.390 e. The Morgan fingerprint density at radius 2 is 2.04 bits per heavy atom. The fourth-order valence-electron chi connectivity index (χ4n) is 2.61. The van der Waals surface area contributed by atoms with E-state index in [1.54, 1.807) is 18.4 Å². The maximum atomic E-state index is 12.8. The van der Waals surface area contributed by atoms with Crippen molar-refractivity contribution >= 4 is 11.2 Å². The molecule has 7 nitrogen and oxygen atoms in total. The Balaban J connectivity index is 2.54. The second-order valence-electron chi connectivity index (χ2n) is 6.45. The Morgan fingerprint density at radius 1 is 1.30 bits per heavy atom. The molecular weight excluding hydrogens is 296 g/mol. The third-order valence-electron chi connectivity index (χ3n) is 3.78. The lowest BCUT2D eigenvalue weighted by Gasteiger charge is -2.16. The number of aliphatic hydroxyl groups is 1. The van der Waals surface area contributed by atoms with Crippen LogP contribution < -0.4 is 11.2 Å². The SMILES string of the molecule is [2H]C([2H])([2H])n1c(=O)n(CCCCC(C)(C)O)c(=O)c2c1ncn2CCC. The van der Waals surface area contributed by atoms with Gasteiger partial charge >= 0.3 is 5.69 Å². The standard InChI is InChI=1S/C16H26N4O3/c1-5-9-19-11-17-13-12(19)14(21)20(15(22)18(13)4)10-7-6-8-16(2,3)23/h11,23H,5-10H2,1-4H3/i4D3. The molecule has 2 rings (SSSR count). The first-order valence-corrected chi connectivity index (χ1v) is 7.91. The van der Waals surface area contributed by atoms with Crippen LogP contribution >= 0.6 is 0 Å². The number of hydrogen-bond donors (Lipinski definition) is 1. The number of fused-ring (bicyclic) bond motifs is 1. The summed E-state index contributed by atoms with van der Waals surface area (Å²) in [5, 5.41) is 9.76. The number of nitrogens with zero attached hydrogens (tertiary/aromatic N) is 4. The van der Waals surface area contributed by atoms with Gasteiger partial charge in [-0.05, 0) is 39.5 Å². The Labute approximate surface area is 139 Å². The lowest BCUT2D eigenvalue weighted by molar-refractivity contribution is 0.0678. The molecule has 0 unspecified atom stereocenters. The van der Waals surface area contributed by atoms with Crippen molar-refractivity contribution in [3.05, 3.63) is 27.2 Å². The molecule has 2 aromatic heterocycles. The van der Waals surface area contributed by atoms with Gasteiger partial charge in [-0.2, -0.15) is 0 Å². The Hall–Kier alpha value is -1.89. The third kappa shape index (κ3) is 3.72. The van der Waals surface area contributed by atoms with E-state index in [1.807, 2.05) is 6.92 Å². The lowest BCUT2D eigenvalue weighted by Crippen LogP contribution is -2.39. The largest absolute Gasteiger partial charge is 0.390 e. The summed E-state index contributed by atoms with van der Waals surface area (Å²) < 4.78 is 26.2. The molecule has 0 aliphatic heterocycles. The van der Waals surface area contributed by atoms with Gasteiger partial charge in [0.25, 0.3) is 5.56 Å². The van der Waals surface area contributed by atoms with Crippen LogP contribution in [-0.2, 0) is 20.1 Å². The number of hydrogen-bond acceptors (Lipinski definition) is 4. The number of rotatable bonds is 7. The molecule has 0 radical (unpaired) electrons. The smallest absolute Gasteiger partial charge is 0.332 e. The van der Waals surface area contributed by atoms with E-state index in [0.29, 0.717) is 30.4 Å². The van der Waals surface area contributed by atoms with Crippen molar-refractivity contribution in [3.63, 3.8) is 0 Å². The second kappa shape index (κ2) is 6.70. The van der Waals surface area contributed by atoms with Crippen LogP contribution in [0.15, 0.2) is 15.9 Å². The van der Waals surface area contributed by atoms with Gasteiger partial charge in [0.05, 0.1) is 11.9 Å². The average Bonchev–Trinajstić information content (AvgIpc) is 2.87. The summed E-state index contributed by atoms with van der Waals surface area (Å²) >= 11 is 0. The van der Waals surface area contributed by atoms with Crippen LogP contribution in [0.3, 0.4) is 0 Å². The molecule has 128 valence electrons. The molecule has 2 heterocycles. The van der Waals surface area contributed by atoms with Gasteiger partial charge in [0.2, 0.25) is 0 Å². The molecule has 1 N–H and O–H groups in total. The first-order chi connectivity index (χ1) is 12.0. The maximum absolute atomic E-state index is 12.8. The van der Waals surface area contributed by atoms with Gasteiger partial charge in [0.15, 0.2) is 11.2 Å². The van der Waals surface area contributed by atoms with Gasteiger partial charge in [0, 0.05) is 24.2 Å². The maximum Gasteiger partial charge on any atom is 0.332 e. The predicted octanol–water partition coefficient (Wildman–Crippen LogP) is 1.25. The highest BCUT2D eigenvalue weighted by atomic mass is 16.3. The van der Waals surface area contributed by atoms with Crippen molar-refractivity contribution in [2.24, 2.45) is 6.98 Å². The van der Waals surface area contributed by atoms with E-state index in [2.05, 4.69) is 4.98 Å². The average molecular weight is 325 g/mol. The molecule has 0 saturated carbocycles. The molecular formula is C16H26N4O3. The molecule has 0 aliphatic carbocycles. The van der Waals surface area contributed by atoms with Gasteiger partial charge in [-0.25, -0.2) is 9.78 Å². The third-order valence-corrected chi connectivity index (χ3v) is 3.78. The summed E-state index contributed by atoms with van der Waals surface area (Å²) in [7, 11) is 0. The van der Waals surface area contributed by atoms with Crippen LogP contribution in [0.5, 0.6) is 0 Å². The van der Waals surface area contributed by atoms with Crippen molar-refractivity contribution in [1.82, 2.24) is 18.7 Å². The molecule has 23 heavy (non-hydrogen) atoms. The van der Waals surface area contributed by atoms with E-state index in [-0.39, 0.29) is 17.7 Å². The quantitative estimate of drug-likeness (QED) is 0.777. The van der Waals surface area contributed by atoms with Crippen molar-refractivity contribution < 1.29 is 9.22 Å². The van der Waals surface area contributed by atoms with Crippen LogP contribution in [-0.4, -0.2) is 29.4 Å². The van der Waals surface area contributed by atoms with Crippen LogP contribution in [0.2, 0.25) is 0 Å². The molecule has 0 saturated heterocycles. The Bertz CT molecular complexity index is 887. The topological polar surface area (TPSA) is 82.0 Å². The highest BCUT2D eigenvalue weighted by Gasteiger charge is 2.16. The van der Waals surface area contributed by atoms with E-state index < -0.39 is 23.8 Å². The number of imidazole rings is 1. The monoisotopic (exact) mass is 325 g/mol. The number of unbranched alkanes of at least 4 members (excludes halogenated alkanes) is 1. The molecule has 0 fully saturated rings. The minimum absolute atomic E-state index is 0.0943. The molecule has 0 spiro atoms. The molecule has 7 heteroatoms. The van der Waals surface area contributed by atoms with Crippen LogP contribution in [0, 0.1) is 0 Å². The highest BCUT2D eigenvalue weighted by molar-refractivity contribution is 5.69. The van der Waals surface area contributed by atoms with Crippen molar-refractivity contribution in [2.45, 2.75) is 65.1 Å². The van der Waals surface area contributed by atoms with E-state index >= 15 is 0 Å². The highest BCUT2D eigenvalue weighted by Crippen LogP contribution is 2.12. The fraction of sp³-hybridized carbons (Fsp3) is 0.688. The van der Waals surface area contributed by atoms with Gasteiger partial charge in [-0.3, -0.25) is 13.9 Å². The lowest BCUT2D eigenvalue weighted by atomic mass is 10.0. The van der Waals surface area contributed by atoms with E-state index in [9.17, 15) is 14.7 Å². The molecule has 0 amide bonds. The van der Waals surface area contributed by atoms with Crippen molar-refractivity contribution in [1.29, 1.82) is 0 Å². The van der Waals surface area contributed by atoms with Gasteiger partial charge in [-0.15, -0.1) is 0 Å². The summed E-state index contributed by atoms with van der Waals surface area (Å²) in [6, 6.07) is 0. The molecule has 2 aromatic rings. The minimum atomic E-state index is -2.73. The van der Waals surface area contributed by atoms with E-state index in [0.717, 1.165) is 11.0 Å². The van der Waals surface area contributed by atoms with Gasteiger partial charge in [0.1, 0.15) is 0 Å². The summed E-state index contributed by atoms with van der Waals surface area (Å²) in [5.74, 6) is 0. The number of aromatic nitrogens is 4. The van der Waals surface area contributed by atoms with Crippen LogP contribution in [0.25, 0.3) is 11.2 Å². The Kier molecular flexibility index (Phi) is 3.94. The van der Waals surface area contributed by atoms with Crippen LogP contribution in [0.4, 0.5) is 0 Å². The normalized spacial score (nSPS) is 14.7.